The number of allylic oxidation sites excluding steroid dienone is 1. The van der Waals surface area contributed by atoms with Crippen molar-refractivity contribution < 1.29 is 9.18 Å². The van der Waals surface area contributed by atoms with Crippen LogP contribution in [0.5, 0.6) is 0 Å². The molecule has 0 bridgehead atoms. The normalized spacial score (nSPS) is 15.9. The number of carbonyl (C=O) groups is 1. The number of anilines is 2. The number of halogens is 1. The molecule has 1 amide bonds. The van der Waals surface area contributed by atoms with Gasteiger partial charge in [-0.15, -0.1) is 0 Å². The molecule has 2 aromatic carbocycles. The number of fused-ring (bicyclic) bond motifs is 1. The average Bonchev–Trinajstić information content (AvgIpc) is 3.11. The first-order chi connectivity index (χ1) is 13.0. The lowest BCUT2D eigenvalue weighted by molar-refractivity contribution is -0.113. The Morgan fingerprint density at radius 2 is 1.89 bits per heavy atom. The van der Waals surface area contributed by atoms with E-state index in [0.717, 1.165) is 16.8 Å². The molecule has 0 fully saturated rings. The number of benzene rings is 2. The van der Waals surface area contributed by atoms with Crippen molar-refractivity contribution in [3.05, 3.63) is 83.1 Å². The van der Waals surface area contributed by atoms with Crippen molar-refractivity contribution in [2.45, 2.75) is 19.9 Å². The van der Waals surface area contributed by atoms with Gasteiger partial charge in [-0.25, -0.2) is 9.07 Å². The molecule has 0 aliphatic carbocycles. The number of nitrogens with one attached hydrogen (secondary N) is 2. The van der Waals surface area contributed by atoms with E-state index < -0.39 is 6.04 Å². The molecule has 1 aliphatic rings. The van der Waals surface area contributed by atoms with Gasteiger partial charge in [-0.3, -0.25) is 4.79 Å². The van der Waals surface area contributed by atoms with Crippen molar-refractivity contribution in [3.8, 4) is 0 Å². The molecule has 136 valence electrons. The maximum absolute atomic E-state index is 13.4. The lowest BCUT2D eigenvalue weighted by atomic mass is 9.95. The minimum absolute atomic E-state index is 0.246. The van der Waals surface area contributed by atoms with Crippen molar-refractivity contribution in [2.75, 3.05) is 10.6 Å². The van der Waals surface area contributed by atoms with Crippen molar-refractivity contribution in [1.82, 2.24) is 14.8 Å². The Morgan fingerprint density at radius 1 is 1.15 bits per heavy atom. The highest BCUT2D eigenvalue weighted by atomic mass is 19.1. The van der Waals surface area contributed by atoms with Crippen molar-refractivity contribution in [1.29, 1.82) is 0 Å². The van der Waals surface area contributed by atoms with Crippen molar-refractivity contribution in [2.24, 2.45) is 0 Å². The summed E-state index contributed by atoms with van der Waals surface area (Å²) >= 11 is 0. The first kappa shape index (κ1) is 17.0. The SMILES string of the molecule is CC1=C(C(=O)Nc2ccccc2C)[C@H](c2ccc(F)cc2)n2ncnc2N1. The van der Waals surface area contributed by atoms with Gasteiger partial charge >= 0.3 is 0 Å². The van der Waals surface area contributed by atoms with E-state index in [2.05, 4.69) is 20.7 Å². The minimum atomic E-state index is -0.506. The van der Waals surface area contributed by atoms with Crippen LogP contribution in [0, 0.1) is 12.7 Å². The molecule has 1 aliphatic heterocycles. The molecule has 0 radical (unpaired) electrons. The van der Waals surface area contributed by atoms with E-state index in [9.17, 15) is 9.18 Å². The predicted molar refractivity (Wildman–Crippen MR) is 101 cm³/mol. The number of aryl methyl sites for hydroxylation is 1. The highest BCUT2D eigenvalue weighted by Gasteiger charge is 2.33. The molecule has 0 saturated carbocycles. The van der Waals surface area contributed by atoms with Crippen LogP contribution in [0.4, 0.5) is 16.0 Å². The van der Waals surface area contributed by atoms with Crippen molar-refractivity contribution >= 4 is 17.5 Å². The third kappa shape index (κ3) is 3.08. The predicted octanol–water partition coefficient (Wildman–Crippen LogP) is 3.65. The largest absolute Gasteiger partial charge is 0.328 e. The number of hydrogen-bond donors (Lipinski definition) is 2. The van der Waals surface area contributed by atoms with Crippen LogP contribution in [-0.4, -0.2) is 20.7 Å². The lowest BCUT2D eigenvalue weighted by Crippen LogP contribution is -2.31. The van der Waals surface area contributed by atoms with Crippen LogP contribution in [0.15, 0.2) is 66.1 Å². The smallest absolute Gasteiger partial charge is 0.255 e. The highest BCUT2D eigenvalue weighted by molar-refractivity contribution is 6.06. The molecule has 2 heterocycles. The number of hydrogen-bond acceptors (Lipinski definition) is 4. The zero-order valence-corrected chi connectivity index (χ0v) is 14.9. The Labute approximate surface area is 155 Å². The van der Waals surface area contributed by atoms with E-state index in [1.165, 1.54) is 18.5 Å². The van der Waals surface area contributed by atoms with Crippen LogP contribution in [0.2, 0.25) is 0 Å². The van der Waals surface area contributed by atoms with Gasteiger partial charge in [0.2, 0.25) is 5.95 Å². The number of carbonyl (C=O) groups excluding carboxylic acids is 1. The summed E-state index contributed by atoms with van der Waals surface area (Å²) in [6.07, 6.45) is 1.42. The molecule has 0 saturated heterocycles. The zero-order chi connectivity index (χ0) is 19.0. The highest BCUT2D eigenvalue weighted by Crippen LogP contribution is 2.35. The van der Waals surface area contributed by atoms with Gasteiger partial charge in [0.15, 0.2) is 0 Å². The number of para-hydroxylation sites is 1. The summed E-state index contributed by atoms with van der Waals surface area (Å²) in [5, 5.41) is 10.4. The van der Waals surface area contributed by atoms with E-state index in [1.54, 1.807) is 16.8 Å². The third-order valence-corrected chi connectivity index (χ3v) is 4.62. The maximum atomic E-state index is 13.4. The molecular weight excluding hydrogens is 345 g/mol. The standard InChI is InChI=1S/C20H18FN5O/c1-12-5-3-4-6-16(12)25-19(27)17-13(2)24-20-22-11-23-26(20)18(17)14-7-9-15(21)10-8-14/h3-11,18H,1-2H3,(H,25,27)(H,22,23,24)/t18-/m0/s1. The van der Waals surface area contributed by atoms with E-state index >= 15 is 0 Å². The summed E-state index contributed by atoms with van der Waals surface area (Å²) in [4.78, 5) is 17.4. The second-order valence-corrected chi connectivity index (χ2v) is 6.42. The Hall–Kier alpha value is -3.48. The van der Waals surface area contributed by atoms with E-state index in [1.807, 2.05) is 38.1 Å². The zero-order valence-electron chi connectivity index (χ0n) is 14.9. The van der Waals surface area contributed by atoms with Crippen LogP contribution in [0.1, 0.15) is 24.1 Å². The first-order valence-electron chi connectivity index (χ1n) is 8.54. The second-order valence-electron chi connectivity index (χ2n) is 6.42. The van der Waals surface area contributed by atoms with Gasteiger partial charge in [0.1, 0.15) is 18.2 Å². The number of aromatic nitrogens is 3. The molecule has 0 spiro atoms. The molecule has 3 aromatic rings. The Bertz CT molecular complexity index is 1040. The van der Waals surface area contributed by atoms with E-state index in [0.29, 0.717) is 17.2 Å². The van der Waals surface area contributed by atoms with Crippen LogP contribution in [0.25, 0.3) is 0 Å². The van der Waals surface area contributed by atoms with Gasteiger partial charge in [-0.2, -0.15) is 10.1 Å². The van der Waals surface area contributed by atoms with Gasteiger partial charge in [0.25, 0.3) is 5.91 Å². The third-order valence-electron chi connectivity index (χ3n) is 4.62. The van der Waals surface area contributed by atoms with Gasteiger partial charge in [-0.1, -0.05) is 30.3 Å². The molecule has 2 N–H and O–H groups in total. The summed E-state index contributed by atoms with van der Waals surface area (Å²) in [6.45, 7) is 3.75. The summed E-state index contributed by atoms with van der Waals surface area (Å²) < 4.78 is 15.0. The molecular formula is C20H18FN5O. The van der Waals surface area contributed by atoms with Gasteiger partial charge < -0.3 is 10.6 Å². The van der Waals surface area contributed by atoms with Crippen LogP contribution < -0.4 is 10.6 Å². The lowest BCUT2D eigenvalue weighted by Gasteiger charge is -2.28. The average molecular weight is 363 g/mol. The Morgan fingerprint density at radius 3 is 2.63 bits per heavy atom. The molecule has 27 heavy (non-hydrogen) atoms. The topological polar surface area (TPSA) is 71.8 Å². The van der Waals surface area contributed by atoms with Crippen molar-refractivity contribution in [3.63, 3.8) is 0 Å². The molecule has 7 heteroatoms. The molecule has 0 unspecified atom stereocenters. The molecule has 4 rings (SSSR count). The Balaban J connectivity index is 1.77. The molecule has 6 nitrogen and oxygen atoms in total. The molecule has 1 aromatic heterocycles. The summed E-state index contributed by atoms with van der Waals surface area (Å²) in [7, 11) is 0. The summed E-state index contributed by atoms with van der Waals surface area (Å²) in [5.41, 5.74) is 3.63. The first-order valence-corrected chi connectivity index (χ1v) is 8.54. The number of nitrogens with zero attached hydrogens (tertiary/aromatic N) is 3. The van der Waals surface area contributed by atoms with Crippen LogP contribution in [0.3, 0.4) is 0 Å². The molecule has 1 atom stereocenters. The second kappa shape index (κ2) is 6.68. The van der Waals surface area contributed by atoms with E-state index in [-0.39, 0.29) is 11.7 Å². The van der Waals surface area contributed by atoms with Crippen LogP contribution >= 0.6 is 0 Å². The fourth-order valence-electron chi connectivity index (χ4n) is 3.24. The van der Waals surface area contributed by atoms with Gasteiger partial charge in [0.05, 0.1) is 5.57 Å². The van der Waals surface area contributed by atoms with Gasteiger partial charge in [-0.05, 0) is 43.2 Å². The van der Waals surface area contributed by atoms with Crippen LogP contribution in [-0.2, 0) is 4.79 Å². The Kier molecular flexibility index (Phi) is 4.19. The fraction of sp³-hybridized carbons (Fsp3) is 0.150. The summed E-state index contributed by atoms with van der Waals surface area (Å²) in [5.74, 6) is -0.0443. The number of amides is 1. The van der Waals surface area contributed by atoms with Gasteiger partial charge in [0, 0.05) is 11.4 Å². The quantitative estimate of drug-likeness (QED) is 0.745. The van der Waals surface area contributed by atoms with E-state index in [4.69, 9.17) is 0 Å². The summed E-state index contributed by atoms with van der Waals surface area (Å²) in [6, 6.07) is 13.1. The fourth-order valence-corrected chi connectivity index (χ4v) is 3.24. The minimum Gasteiger partial charge on any atom is -0.328 e. The number of rotatable bonds is 3. The maximum Gasteiger partial charge on any atom is 0.255 e. The monoisotopic (exact) mass is 363 g/mol.